The molecule has 0 radical (unpaired) electrons. The van der Waals surface area contributed by atoms with E-state index in [1.54, 1.807) is 37.6 Å². The molecule has 2 aromatic rings. The molecule has 0 aliphatic heterocycles. The van der Waals surface area contributed by atoms with Crippen LogP contribution in [0, 0.1) is 0 Å². The van der Waals surface area contributed by atoms with Gasteiger partial charge in [-0.2, -0.15) is 0 Å². The van der Waals surface area contributed by atoms with E-state index in [2.05, 4.69) is 4.98 Å². The van der Waals surface area contributed by atoms with Gasteiger partial charge in [-0.3, -0.25) is 4.79 Å². The quantitative estimate of drug-likeness (QED) is 0.632. The smallest absolute Gasteiger partial charge is 0.212 e. The van der Waals surface area contributed by atoms with Crippen LogP contribution < -0.4 is 4.74 Å². The summed E-state index contributed by atoms with van der Waals surface area (Å²) >= 11 is 12.0. The zero-order valence-electron chi connectivity index (χ0n) is 10.6. The Morgan fingerprint density at radius 1 is 1.15 bits per heavy atom. The van der Waals surface area contributed by atoms with Gasteiger partial charge in [-0.05, 0) is 41.5 Å². The number of allylic oxidation sites excluding steroid dienone is 1. The van der Waals surface area contributed by atoms with Gasteiger partial charge in [-0.15, -0.1) is 0 Å². The van der Waals surface area contributed by atoms with Crippen LogP contribution >= 0.6 is 23.2 Å². The Bertz CT molecular complexity index is 631. The second kappa shape index (κ2) is 6.55. The number of methoxy groups -OCH3 is 1. The zero-order valence-corrected chi connectivity index (χ0v) is 12.2. The molecule has 2 rings (SSSR count). The van der Waals surface area contributed by atoms with E-state index in [1.165, 1.54) is 6.08 Å². The Labute approximate surface area is 126 Å². The van der Waals surface area contributed by atoms with Crippen LogP contribution in [0.2, 0.25) is 10.0 Å². The summed E-state index contributed by atoms with van der Waals surface area (Å²) in [6, 6.07) is 8.66. The molecule has 0 aliphatic carbocycles. The molecule has 102 valence electrons. The van der Waals surface area contributed by atoms with Crippen molar-refractivity contribution in [2.75, 3.05) is 7.11 Å². The van der Waals surface area contributed by atoms with Gasteiger partial charge in [0.2, 0.25) is 5.88 Å². The maximum absolute atomic E-state index is 10.9. The van der Waals surface area contributed by atoms with Crippen LogP contribution in [0.15, 0.2) is 42.6 Å². The van der Waals surface area contributed by atoms with Gasteiger partial charge in [0.25, 0.3) is 0 Å². The number of hydrogen-bond donors (Lipinski definition) is 0. The summed E-state index contributed by atoms with van der Waals surface area (Å²) in [6.45, 7) is 0. The summed E-state index contributed by atoms with van der Waals surface area (Å²) in [5.74, 6) is 0.503. The molecule has 1 aromatic carbocycles. The normalized spacial score (nSPS) is 11.2. The standard InChI is InChI=1S/C15H11Cl2NO2/c1-20-15-3-2-10(9-18-15)14(4-5-19)11-6-12(16)8-13(17)7-11/h2-9H,1H3/b14-4-. The van der Waals surface area contributed by atoms with Crippen LogP contribution in [-0.2, 0) is 4.79 Å². The fraction of sp³-hybridized carbons (Fsp3) is 0.0667. The summed E-state index contributed by atoms with van der Waals surface area (Å²) in [5, 5.41) is 1.01. The number of hydrogen-bond acceptors (Lipinski definition) is 3. The maximum Gasteiger partial charge on any atom is 0.212 e. The molecule has 0 N–H and O–H groups in total. The average Bonchev–Trinajstić information content (AvgIpc) is 2.44. The van der Waals surface area contributed by atoms with Gasteiger partial charge >= 0.3 is 0 Å². The van der Waals surface area contributed by atoms with Crippen molar-refractivity contribution < 1.29 is 9.53 Å². The van der Waals surface area contributed by atoms with Crippen molar-refractivity contribution >= 4 is 35.1 Å². The minimum absolute atomic E-state index is 0.503. The van der Waals surface area contributed by atoms with E-state index in [-0.39, 0.29) is 0 Å². The number of nitrogens with zero attached hydrogens (tertiary/aromatic N) is 1. The molecule has 0 saturated heterocycles. The molecule has 0 saturated carbocycles. The summed E-state index contributed by atoms with van der Waals surface area (Å²) in [7, 11) is 1.54. The Morgan fingerprint density at radius 2 is 1.85 bits per heavy atom. The lowest BCUT2D eigenvalue weighted by Gasteiger charge is -2.09. The molecule has 0 amide bonds. The van der Waals surface area contributed by atoms with E-state index >= 15 is 0 Å². The van der Waals surface area contributed by atoms with Gasteiger partial charge in [-0.1, -0.05) is 23.2 Å². The molecular weight excluding hydrogens is 297 g/mol. The number of rotatable bonds is 4. The van der Waals surface area contributed by atoms with E-state index in [0.717, 1.165) is 11.1 Å². The van der Waals surface area contributed by atoms with E-state index in [9.17, 15) is 4.79 Å². The largest absolute Gasteiger partial charge is 0.481 e. The van der Waals surface area contributed by atoms with Crippen molar-refractivity contribution in [1.82, 2.24) is 4.98 Å². The third-order valence-corrected chi connectivity index (χ3v) is 3.10. The molecule has 0 aliphatic rings. The van der Waals surface area contributed by atoms with Crippen LogP contribution in [0.4, 0.5) is 0 Å². The number of aldehydes is 1. The highest BCUT2D eigenvalue weighted by molar-refractivity contribution is 6.35. The number of benzene rings is 1. The first-order valence-electron chi connectivity index (χ1n) is 5.76. The van der Waals surface area contributed by atoms with Crippen molar-refractivity contribution in [1.29, 1.82) is 0 Å². The molecule has 1 aromatic heterocycles. The summed E-state index contributed by atoms with van der Waals surface area (Å²) in [4.78, 5) is 15.0. The monoisotopic (exact) mass is 307 g/mol. The second-order valence-electron chi connectivity index (χ2n) is 3.96. The second-order valence-corrected chi connectivity index (χ2v) is 4.84. The van der Waals surface area contributed by atoms with Gasteiger partial charge in [0.1, 0.15) is 6.29 Å². The summed E-state index contributed by atoms with van der Waals surface area (Å²) in [5.41, 5.74) is 2.22. The molecule has 0 atom stereocenters. The van der Waals surface area contributed by atoms with E-state index < -0.39 is 0 Å². The van der Waals surface area contributed by atoms with Gasteiger partial charge in [-0.25, -0.2) is 4.98 Å². The van der Waals surface area contributed by atoms with Crippen LogP contribution in [0.1, 0.15) is 11.1 Å². The molecule has 1 heterocycles. The van der Waals surface area contributed by atoms with Gasteiger partial charge in [0, 0.05) is 27.9 Å². The third-order valence-electron chi connectivity index (χ3n) is 2.66. The summed E-state index contributed by atoms with van der Waals surface area (Å²) < 4.78 is 5.01. The first-order valence-corrected chi connectivity index (χ1v) is 6.52. The third kappa shape index (κ3) is 3.38. The van der Waals surface area contributed by atoms with Crippen LogP contribution in [-0.4, -0.2) is 18.4 Å². The molecule has 3 nitrogen and oxygen atoms in total. The molecule has 5 heteroatoms. The van der Waals surface area contributed by atoms with Crippen molar-refractivity contribution in [3.05, 3.63) is 63.8 Å². The minimum Gasteiger partial charge on any atom is -0.481 e. The molecule has 0 bridgehead atoms. The van der Waals surface area contributed by atoms with Crippen molar-refractivity contribution in [2.45, 2.75) is 0 Å². The molecule has 20 heavy (non-hydrogen) atoms. The van der Waals surface area contributed by atoms with E-state index in [4.69, 9.17) is 27.9 Å². The lowest BCUT2D eigenvalue weighted by molar-refractivity contribution is -0.104. The molecule has 0 unspecified atom stereocenters. The lowest BCUT2D eigenvalue weighted by Crippen LogP contribution is -1.92. The highest BCUT2D eigenvalue weighted by Gasteiger charge is 2.08. The Balaban J connectivity index is 2.50. The first-order chi connectivity index (χ1) is 9.63. The van der Waals surface area contributed by atoms with Gasteiger partial charge in [0.15, 0.2) is 0 Å². The highest BCUT2D eigenvalue weighted by Crippen LogP contribution is 2.28. The lowest BCUT2D eigenvalue weighted by atomic mass is 9.99. The first kappa shape index (κ1) is 14.6. The van der Waals surface area contributed by atoms with Crippen molar-refractivity contribution in [3.63, 3.8) is 0 Å². The number of pyridine rings is 1. The fourth-order valence-electron chi connectivity index (χ4n) is 1.80. The number of carbonyl (C=O) groups excluding carboxylic acids is 1. The van der Waals surface area contributed by atoms with Crippen LogP contribution in [0.25, 0.3) is 5.57 Å². The number of carbonyl (C=O) groups is 1. The Hall–Kier alpha value is -1.84. The minimum atomic E-state index is 0.503. The van der Waals surface area contributed by atoms with Gasteiger partial charge in [0.05, 0.1) is 7.11 Å². The van der Waals surface area contributed by atoms with Crippen molar-refractivity contribution in [3.8, 4) is 5.88 Å². The SMILES string of the molecule is COc1ccc(/C(=C/C=O)c2cc(Cl)cc(Cl)c2)cn1. The number of halogens is 2. The van der Waals surface area contributed by atoms with E-state index in [0.29, 0.717) is 27.8 Å². The van der Waals surface area contributed by atoms with Gasteiger partial charge < -0.3 is 4.74 Å². The average molecular weight is 308 g/mol. The summed E-state index contributed by atoms with van der Waals surface area (Å²) in [6.07, 6.45) is 3.79. The van der Waals surface area contributed by atoms with E-state index in [1.807, 2.05) is 6.07 Å². The number of ether oxygens (including phenoxy) is 1. The molecular formula is C15H11Cl2NO2. The number of aromatic nitrogens is 1. The Morgan fingerprint density at radius 3 is 2.35 bits per heavy atom. The predicted molar refractivity (Wildman–Crippen MR) is 80.4 cm³/mol. The maximum atomic E-state index is 10.9. The van der Waals surface area contributed by atoms with Crippen LogP contribution in [0.5, 0.6) is 5.88 Å². The molecule has 0 fully saturated rings. The molecule has 0 spiro atoms. The zero-order chi connectivity index (χ0) is 14.5. The van der Waals surface area contributed by atoms with Crippen molar-refractivity contribution in [2.24, 2.45) is 0 Å². The topological polar surface area (TPSA) is 39.2 Å². The fourth-order valence-corrected chi connectivity index (χ4v) is 2.32. The predicted octanol–water partition coefficient (Wildman–Crippen LogP) is 4.03. The Kier molecular flexibility index (Phi) is 4.77. The highest BCUT2D eigenvalue weighted by atomic mass is 35.5. The van der Waals surface area contributed by atoms with Crippen LogP contribution in [0.3, 0.4) is 0 Å².